The minimum atomic E-state index is -0.0691. The lowest BCUT2D eigenvalue weighted by Gasteiger charge is -2.13. The average molecular weight is 494 g/mol. The Morgan fingerprint density at radius 3 is 2.36 bits per heavy atom. The van der Waals surface area contributed by atoms with E-state index >= 15 is 0 Å². The molecule has 0 aliphatic rings. The number of aromatic nitrogens is 1. The first-order valence-electron chi connectivity index (χ1n) is 11.6. The van der Waals surface area contributed by atoms with Gasteiger partial charge < -0.3 is 10.1 Å². The van der Waals surface area contributed by atoms with E-state index in [4.69, 9.17) is 9.72 Å². The van der Waals surface area contributed by atoms with Crippen molar-refractivity contribution in [1.29, 1.82) is 5.26 Å². The van der Waals surface area contributed by atoms with Gasteiger partial charge in [0, 0.05) is 29.0 Å². The van der Waals surface area contributed by atoms with E-state index in [9.17, 15) is 10.1 Å². The van der Waals surface area contributed by atoms with Crippen molar-refractivity contribution in [1.82, 2.24) is 4.98 Å². The molecule has 6 heteroatoms. The van der Waals surface area contributed by atoms with Gasteiger partial charge in [-0.2, -0.15) is 5.26 Å². The molecule has 0 unspecified atom stereocenters. The number of hydrogen-bond donors (Lipinski definition) is 1. The number of carbonyl (C=O) groups excluding carboxylic acids is 1. The third-order valence-electron chi connectivity index (χ3n) is 5.83. The highest BCUT2D eigenvalue weighted by molar-refractivity contribution is 7.99. The molecule has 5 nitrogen and oxygen atoms in total. The van der Waals surface area contributed by atoms with Gasteiger partial charge >= 0.3 is 0 Å². The van der Waals surface area contributed by atoms with Gasteiger partial charge in [-0.1, -0.05) is 48.0 Å². The number of amides is 1. The van der Waals surface area contributed by atoms with Crippen LogP contribution in [0.1, 0.15) is 23.1 Å². The average Bonchev–Trinajstić information content (AvgIpc) is 2.90. The summed E-state index contributed by atoms with van der Waals surface area (Å²) in [6.45, 7) is 4.00. The molecule has 1 amide bonds. The summed E-state index contributed by atoms with van der Waals surface area (Å²) in [5, 5.41) is 13.7. The lowest BCUT2D eigenvalue weighted by atomic mass is 9.98. The molecule has 1 heterocycles. The highest BCUT2D eigenvalue weighted by atomic mass is 32.2. The predicted molar refractivity (Wildman–Crippen MR) is 146 cm³/mol. The van der Waals surface area contributed by atoms with Crippen LogP contribution in [-0.4, -0.2) is 23.8 Å². The molecule has 0 bridgehead atoms. The number of nitriles is 1. The molecule has 0 aliphatic carbocycles. The summed E-state index contributed by atoms with van der Waals surface area (Å²) >= 11 is 1.42. The first-order chi connectivity index (χ1) is 17.5. The molecule has 180 valence electrons. The monoisotopic (exact) mass is 493 g/mol. The van der Waals surface area contributed by atoms with Crippen molar-refractivity contribution in [3.05, 3.63) is 95.6 Å². The van der Waals surface area contributed by atoms with Gasteiger partial charge in [0.2, 0.25) is 5.91 Å². The van der Waals surface area contributed by atoms with Crippen molar-refractivity contribution in [2.24, 2.45) is 0 Å². The number of rotatable bonds is 8. The number of anilines is 1. The van der Waals surface area contributed by atoms with E-state index in [-0.39, 0.29) is 5.91 Å². The van der Waals surface area contributed by atoms with Gasteiger partial charge in [-0.05, 0) is 61.4 Å². The second-order valence-corrected chi connectivity index (χ2v) is 9.49. The van der Waals surface area contributed by atoms with E-state index in [1.54, 1.807) is 7.11 Å². The molecule has 4 aromatic rings. The van der Waals surface area contributed by atoms with Crippen LogP contribution in [0, 0.1) is 25.2 Å². The summed E-state index contributed by atoms with van der Waals surface area (Å²) < 4.78 is 5.29. The van der Waals surface area contributed by atoms with Crippen molar-refractivity contribution >= 4 is 23.4 Å². The van der Waals surface area contributed by atoms with Crippen LogP contribution in [-0.2, 0) is 4.79 Å². The maximum atomic E-state index is 12.6. The third kappa shape index (κ3) is 5.94. The topological polar surface area (TPSA) is 75.0 Å². The van der Waals surface area contributed by atoms with Gasteiger partial charge in [0.25, 0.3) is 0 Å². The zero-order chi connectivity index (χ0) is 25.5. The highest BCUT2D eigenvalue weighted by Gasteiger charge is 2.17. The van der Waals surface area contributed by atoms with Crippen molar-refractivity contribution in [3.63, 3.8) is 0 Å². The molecule has 36 heavy (non-hydrogen) atoms. The SMILES string of the molecule is COc1ccc(-c2cc(-c3ccc(C)cc3)c(C#N)c(SCCC(=O)Nc3ccccc3C)n2)cc1. The fourth-order valence-electron chi connectivity index (χ4n) is 3.77. The molecular formula is C30H27N3O2S. The summed E-state index contributed by atoms with van der Waals surface area (Å²) in [6.07, 6.45) is 0.304. The third-order valence-corrected chi connectivity index (χ3v) is 6.81. The first kappa shape index (κ1) is 25.0. The van der Waals surface area contributed by atoms with Crippen LogP contribution in [0.3, 0.4) is 0 Å². The zero-order valence-electron chi connectivity index (χ0n) is 20.5. The van der Waals surface area contributed by atoms with Crippen LogP contribution in [0.15, 0.2) is 83.9 Å². The molecule has 0 saturated heterocycles. The number of methoxy groups -OCH3 is 1. The number of aryl methyl sites for hydroxylation is 2. The summed E-state index contributed by atoms with van der Waals surface area (Å²) in [4.78, 5) is 17.4. The summed E-state index contributed by atoms with van der Waals surface area (Å²) in [5.41, 5.74) is 6.95. The minimum Gasteiger partial charge on any atom is -0.497 e. The van der Waals surface area contributed by atoms with Gasteiger partial charge in [-0.3, -0.25) is 4.79 Å². The van der Waals surface area contributed by atoms with Gasteiger partial charge in [-0.25, -0.2) is 4.98 Å². The van der Waals surface area contributed by atoms with Crippen LogP contribution < -0.4 is 10.1 Å². The fourth-order valence-corrected chi connectivity index (χ4v) is 4.71. The van der Waals surface area contributed by atoms with Crippen LogP contribution in [0.4, 0.5) is 5.69 Å². The normalized spacial score (nSPS) is 10.5. The molecule has 0 saturated carbocycles. The standard InChI is InChI=1S/C30H27N3O2S/c1-20-8-10-22(11-9-20)25-18-28(23-12-14-24(35-3)15-13-23)33-30(26(25)19-31)36-17-16-29(34)32-27-7-5-4-6-21(27)2/h4-15,18H,16-17H2,1-3H3,(H,32,34). The maximum Gasteiger partial charge on any atom is 0.225 e. The molecular weight excluding hydrogens is 466 g/mol. The predicted octanol–water partition coefficient (Wildman–Crippen LogP) is 7.03. The Hall–Kier alpha value is -4.08. The second kappa shape index (κ2) is 11.6. The lowest BCUT2D eigenvalue weighted by Crippen LogP contribution is -2.13. The molecule has 0 aliphatic heterocycles. The first-order valence-corrected chi connectivity index (χ1v) is 12.6. The van der Waals surface area contributed by atoms with E-state index in [1.165, 1.54) is 11.8 Å². The Labute approximate surface area is 216 Å². The molecule has 0 radical (unpaired) electrons. The smallest absolute Gasteiger partial charge is 0.225 e. The Kier molecular flexibility index (Phi) is 8.04. The van der Waals surface area contributed by atoms with Crippen molar-refractivity contribution in [2.45, 2.75) is 25.3 Å². The van der Waals surface area contributed by atoms with Crippen molar-refractivity contribution in [2.75, 3.05) is 18.2 Å². The van der Waals surface area contributed by atoms with Gasteiger partial charge in [-0.15, -0.1) is 11.8 Å². The number of benzene rings is 3. The van der Waals surface area contributed by atoms with Crippen LogP contribution >= 0.6 is 11.8 Å². The number of nitrogens with zero attached hydrogens (tertiary/aromatic N) is 2. The van der Waals surface area contributed by atoms with E-state index in [0.717, 1.165) is 44.9 Å². The number of para-hydroxylation sites is 1. The minimum absolute atomic E-state index is 0.0691. The molecule has 1 N–H and O–H groups in total. The molecule has 1 aromatic heterocycles. The highest BCUT2D eigenvalue weighted by Crippen LogP contribution is 2.35. The fraction of sp³-hybridized carbons (Fsp3) is 0.167. The summed E-state index contributed by atoms with van der Waals surface area (Å²) in [5.74, 6) is 1.19. The van der Waals surface area contributed by atoms with Crippen LogP contribution in [0.2, 0.25) is 0 Å². The van der Waals surface area contributed by atoms with E-state index < -0.39 is 0 Å². The number of ether oxygens (including phenoxy) is 1. The molecule has 4 rings (SSSR count). The largest absolute Gasteiger partial charge is 0.497 e. The molecule has 0 atom stereocenters. The number of thioether (sulfide) groups is 1. The van der Waals surface area contributed by atoms with Gasteiger partial charge in [0.15, 0.2) is 0 Å². The molecule has 3 aromatic carbocycles. The number of carbonyl (C=O) groups is 1. The van der Waals surface area contributed by atoms with Gasteiger partial charge in [0.05, 0.1) is 18.4 Å². The Balaban J connectivity index is 1.63. The van der Waals surface area contributed by atoms with Crippen molar-refractivity contribution in [3.8, 4) is 34.2 Å². The van der Waals surface area contributed by atoms with E-state index in [0.29, 0.717) is 22.8 Å². The maximum absolute atomic E-state index is 12.6. The number of hydrogen-bond acceptors (Lipinski definition) is 5. The summed E-state index contributed by atoms with van der Waals surface area (Å²) in [6, 6.07) is 27.8. The van der Waals surface area contributed by atoms with Gasteiger partial charge in [0.1, 0.15) is 16.8 Å². The van der Waals surface area contributed by atoms with Crippen LogP contribution in [0.25, 0.3) is 22.4 Å². The van der Waals surface area contributed by atoms with E-state index in [2.05, 4.69) is 11.4 Å². The Morgan fingerprint density at radius 2 is 1.69 bits per heavy atom. The Bertz CT molecular complexity index is 1410. The quantitative estimate of drug-likeness (QED) is 0.267. The number of nitrogens with one attached hydrogen (secondary N) is 1. The van der Waals surface area contributed by atoms with Crippen LogP contribution in [0.5, 0.6) is 5.75 Å². The Morgan fingerprint density at radius 1 is 1.00 bits per heavy atom. The lowest BCUT2D eigenvalue weighted by molar-refractivity contribution is -0.115. The van der Waals surface area contributed by atoms with Crippen molar-refractivity contribution < 1.29 is 9.53 Å². The van der Waals surface area contributed by atoms with E-state index in [1.807, 2.05) is 92.7 Å². The second-order valence-electron chi connectivity index (χ2n) is 8.40. The zero-order valence-corrected chi connectivity index (χ0v) is 21.4. The molecule has 0 spiro atoms. The number of pyridine rings is 1. The molecule has 0 fully saturated rings. The summed E-state index contributed by atoms with van der Waals surface area (Å²) in [7, 11) is 1.63.